The third-order valence-corrected chi connectivity index (χ3v) is 5.52. The summed E-state index contributed by atoms with van der Waals surface area (Å²) in [6, 6.07) is 1.82. The lowest BCUT2D eigenvalue weighted by Gasteiger charge is -2.35. The molecule has 0 spiro atoms. The third kappa shape index (κ3) is 2.86. The largest absolute Gasteiger partial charge is 0.341 e. The Morgan fingerprint density at radius 2 is 1.83 bits per heavy atom. The first-order valence-electron chi connectivity index (χ1n) is 8.82. The zero-order chi connectivity index (χ0) is 15.8. The van der Waals surface area contributed by atoms with Crippen LogP contribution in [0, 0.1) is 5.92 Å². The van der Waals surface area contributed by atoms with Crippen LogP contribution < -0.4 is 0 Å². The van der Waals surface area contributed by atoms with Crippen LogP contribution in [-0.4, -0.2) is 57.5 Å². The number of likely N-dealkylation sites (tertiary alicyclic amines) is 2. The highest BCUT2D eigenvalue weighted by atomic mass is 16.2. The molecule has 6 heteroatoms. The number of aromatic nitrogens is 2. The van der Waals surface area contributed by atoms with Crippen LogP contribution in [0.5, 0.6) is 0 Å². The summed E-state index contributed by atoms with van der Waals surface area (Å²) < 4.78 is 0. The van der Waals surface area contributed by atoms with Gasteiger partial charge in [0.2, 0.25) is 11.8 Å². The van der Waals surface area contributed by atoms with Gasteiger partial charge in [0.05, 0.1) is 0 Å². The van der Waals surface area contributed by atoms with E-state index in [9.17, 15) is 9.59 Å². The first kappa shape index (κ1) is 14.7. The Hall–Kier alpha value is -1.85. The summed E-state index contributed by atoms with van der Waals surface area (Å²) in [5, 5.41) is 7.06. The topological polar surface area (TPSA) is 69.3 Å². The Balaban J connectivity index is 1.36. The molecule has 2 saturated heterocycles. The number of nitrogens with one attached hydrogen (secondary N) is 1. The SMILES string of the molecule is O=C([C@@H]1CCCN1C(=O)C1CC1)N1CCC(c2ccn[nH]2)CC1. The normalized spacial score (nSPS) is 25.8. The fourth-order valence-corrected chi connectivity index (χ4v) is 3.97. The maximum Gasteiger partial charge on any atom is 0.245 e. The summed E-state index contributed by atoms with van der Waals surface area (Å²) in [4.78, 5) is 29.1. The van der Waals surface area contributed by atoms with E-state index in [2.05, 4.69) is 10.2 Å². The van der Waals surface area contributed by atoms with E-state index in [4.69, 9.17) is 0 Å². The molecule has 0 bridgehead atoms. The van der Waals surface area contributed by atoms with E-state index >= 15 is 0 Å². The van der Waals surface area contributed by atoms with Gasteiger partial charge in [-0.25, -0.2) is 0 Å². The predicted octanol–water partition coefficient (Wildman–Crippen LogP) is 1.52. The Bertz CT molecular complexity index is 573. The van der Waals surface area contributed by atoms with Crippen molar-refractivity contribution < 1.29 is 9.59 Å². The molecule has 2 amide bonds. The van der Waals surface area contributed by atoms with Crippen molar-refractivity contribution in [2.24, 2.45) is 5.92 Å². The van der Waals surface area contributed by atoms with E-state index in [-0.39, 0.29) is 23.8 Å². The van der Waals surface area contributed by atoms with Crippen LogP contribution in [0.25, 0.3) is 0 Å². The van der Waals surface area contributed by atoms with Gasteiger partial charge in [-0.3, -0.25) is 14.7 Å². The highest BCUT2D eigenvalue weighted by molar-refractivity contribution is 5.90. The molecule has 23 heavy (non-hydrogen) atoms. The van der Waals surface area contributed by atoms with Gasteiger partial charge in [0.1, 0.15) is 6.04 Å². The monoisotopic (exact) mass is 316 g/mol. The molecule has 2 aliphatic heterocycles. The molecule has 1 saturated carbocycles. The number of amides is 2. The first-order chi connectivity index (χ1) is 11.2. The van der Waals surface area contributed by atoms with Gasteiger partial charge in [-0.15, -0.1) is 0 Å². The van der Waals surface area contributed by atoms with Crippen molar-refractivity contribution in [2.45, 2.75) is 50.5 Å². The average Bonchev–Trinajstić information content (AvgIpc) is 3.10. The Morgan fingerprint density at radius 1 is 1.04 bits per heavy atom. The number of aromatic amines is 1. The van der Waals surface area contributed by atoms with E-state index in [0.29, 0.717) is 5.92 Å². The minimum Gasteiger partial charge on any atom is -0.341 e. The van der Waals surface area contributed by atoms with Crippen LogP contribution in [0.3, 0.4) is 0 Å². The summed E-state index contributed by atoms with van der Waals surface area (Å²) in [5.74, 6) is 1.05. The number of hydrogen-bond acceptors (Lipinski definition) is 3. The first-order valence-corrected chi connectivity index (χ1v) is 8.82. The number of piperidine rings is 1. The molecule has 0 aromatic carbocycles. The summed E-state index contributed by atoms with van der Waals surface area (Å²) in [5.41, 5.74) is 1.17. The molecule has 3 fully saturated rings. The van der Waals surface area contributed by atoms with Gasteiger partial charge in [0.15, 0.2) is 0 Å². The summed E-state index contributed by atoms with van der Waals surface area (Å²) in [6.07, 6.45) is 7.52. The van der Waals surface area contributed by atoms with E-state index in [1.165, 1.54) is 5.69 Å². The van der Waals surface area contributed by atoms with Crippen molar-refractivity contribution in [3.8, 4) is 0 Å². The van der Waals surface area contributed by atoms with Gasteiger partial charge in [0.25, 0.3) is 0 Å². The zero-order valence-corrected chi connectivity index (χ0v) is 13.4. The molecule has 3 heterocycles. The molecule has 1 N–H and O–H groups in total. The van der Waals surface area contributed by atoms with Crippen molar-refractivity contribution in [3.63, 3.8) is 0 Å². The lowest BCUT2D eigenvalue weighted by Crippen LogP contribution is -2.50. The van der Waals surface area contributed by atoms with E-state index in [1.54, 1.807) is 6.20 Å². The smallest absolute Gasteiger partial charge is 0.245 e. The fourth-order valence-electron chi connectivity index (χ4n) is 3.97. The molecular formula is C17H24N4O2. The minimum absolute atomic E-state index is 0.166. The van der Waals surface area contributed by atoms with E-state index in [1.807, 2.05) is 15.9 Å². The summed E-state index contributed by atoms with van der Waals surface area (Å²) in [6.45, 7) is 2.32. The number of carbonyl (C=O) groups excluding carboxylic acids is 2. The molecule has 0 radical (unpaired) electrons. The summed E-state index contributed by atoms with van der Waals surface area (Å²) in [7, 11) is 0. The number of nitrogens with zero attached hydrogens (tertiary/aromatic N) is 3. The number of carbonyl (C=O) groups is 2. The standard InChI is InChI=1S/C17H24N4O2/c22-16(13-3-4-13)21-9-1-2-15(21)17(23)20-10-6-12(7-11-20)14-5-8-18-19-14/h5,8,12-13,15H,1-4,6-7,9-11H2,(H,18,19)/t15-/m0/s1. The maximum atomic E-state index is 12.9. The highest BCUT2D eigenvalue weighted by Gasteiger charge is 2.42. The van der Waals surface area contributed by atoms with Crippen molar-refractivity contribution in [3.05, 3.63) is 18.0 Å². The zero-order valence-electron chi connectivity index (χ0n) is 13.4. The third-order valence-electron chi connectivity index (χ3n) is 5.52. The van der Waals surface area contributed by atoms with Crippen molar-refractivity contribution in [1.29, 1.82) is 0 Å². The molecule has 0 unspecified atom stereocenters. The second-order valence-electron chi connectivity index (χ2n) is 7.08. The summed E-state index contributed by atoms with van der Waals surface area (Å²) >= 11 is 0. The van der Waals surface area contributed by atoms with Gasteiger partial charge in [-0.05, 0) is 44.6 Å². The molecule has 1 aliphatic carbocycles. The average molecular weight is 316 g/mol. The predicted molar refractivity (Wildman–Crippen MR) is 84.6 cm³/mol. The lowest BCUT2D eigenvalue weighted by molar-refractivity contribution is -0.145. The molecule has 3 aliphatic rings. The van der Waals surface area contributed by atoms with Gasteiger partial charge in [-0.2, -0.15) is 5.10 Å². The Morgan fingerprint density at radius 3 is 2.48 bits per heavy atom. The van der Waals surface area contributed by atoms with Gasteiger partial charge >= 0.3 is 0 Å². The molecule has 1 aromatic heterocycles. The molecule has 1 atom stereocenters. The molecular weight excluding hydrogens is 292 g/mol. The van der Waals surface area contributed by atoms with Crippen molar-refractivity contribution >= 4 is 11.8 Å². The molecule has 6 nitrogen and oxygen atoms in total. The van der Waals surface area contributed by atoms with Gasteiger partial charge < -0.3 is 9.80 Å². The Labute approximate surface area is 136 Å². The quantitative estimate of drug-likeness (QED) is 0.919. The van der Waals surface area contributed by atoms with Crippen LogP contribution >= 0.6 is 0 Å². The molecule has 124 valence electrons. The van der Waals surface area contributed by atoms with Crippen LogP contribution in [-0.2, 0) is 9.59 Å². The Kier molecular flexibility index (Phi) is 3.83. The van der Waals surface area contributed by atoms with Crippen LogP contribution in [0.2, 0.25) is 0 Å². The van der Waals surface area contributed by atoms with Gasteiger partial charge in [0, 0.05) is 43.4 Å². The number of hydrogen-bond donors (Lipinski definition) is 1. The van der Waals surface area contributed by atoms with E-state index in [0.717, 1.165) is 58.2 Å². The number of H-pyrrole nitrogens is 1. The second-order valence-corrected chi connectivity index (χ2v) is 7.08. The van der Waals surface area contributed by atoms with E-state index < -0.39 is 0 Å². The minimum atomic E-state index is -0.202. The van der Waals surface area contributed by atoms with Crippen LogP contribution in [0.4, 0.5) is 0 Å². The van der Waals surface area contributed by atoms with Crippen LogP contribution in [0.15, 0.2) is 12.3 Å². The lowest BCUT2D eigenvalue weighted by atomic mass is 9.93. The van der Waals surface area contributed by atoms with Gasteiger partial charge in [-0.1, -0.05) is 0 Å². The van der Waals surface area contributed by atoms with Crippen LogP contribution in [0.1, 0.15) is 50.1 Å². The second kappa shape index (κ2) is 5.98. The molecule has 4 rings (SSSR count). The number of rotatable bonds is 3. The molecule has 1 aromatic rings. The fraction of sp³-hybridized carbons (Fsp3) is 0.706. The van der Waals surface area contributed by atoms with Crippen molar-refractivity contribution in [2.75, 3.05) is 19.6 Å². The van der Waals surface area contributed by atoms with Crippen molar-refractivity contribution in [1.82, 2.24) is 20.0 Å². The highest BCUT2D eigenvalue weighted by Crippen LogP contribution is 2.34. The maximum absolute atomic E-state index is 12.9.